The molecule has 1 N–H and O–H groups in total. The van der Waals surface area contributed by atoms with Crippen LogP contribution in [0, 0.1) is 23.0 Å². The second-order valence-electron chi connectivity index (χ2n) is 10.7. The van der Waals surface area contributed by atoms with Crippen LogP contribution in [-0.2, 0) is 11.2 Å². The van der Waals surface area contributed by atoms with Gasteiger partial charge in [0.1, 0.15) is 5.60 Å². The van der Waals surface area contributed by atoms with Crippen molar-refractivity contribution >= 4 is 11.7 Å². The Labute approximate surface area is 248 Å². The molecule has 3 atom stereocenters. The quantitative estimate of drug-likeness (QED) is 0.219. The molecule has 0 fully saturated rings. The van der Waals surface area contributed by atoms with Crippen LogP contribution in [0.2, 0.25) is 0 Å². The van der Waals surface area contributed by atoms with Crippen LogP contribution in [0.25, 0.3) is 11.1 Å². The molecule has 0 spiro atoms. The van der Waals surface area contributed by atoms with Gasteiger partial charge in [-0.05, 0) is 49.9 Å². The highest BCUT2D eigenvalue weighted by atomic mass is 16.7. The van der Waals surface area contributed by atoms with E-state index in [4.69, 9.17) is 33.2 Å². The first-order chi connectivity index (χ1) is 20.5. The monoisotopic (exact) mass is 595 g/mol. The first-order valence-corrected chi connectivity index (χ1v) is 13.5. The molecular formula is C31H33NO11. The number of carbonyl (C=O) groups excluding carboxylic acids is 1. The Morgan fingerprint density at radius 2 is 1.70 bits per heavy atom. The van der Waals surface area contributed by atoms with E-state index in [1.54, 1.807) is 19.9 Å². The van der Waals surface area contributed by atoms with Crippen LogP contribution in [-0.4, -0.2) is 56.8 Å². The molecule has 1 heterocycles. The summed E-state index contributed by atoms with van der Waals surface area (Å²) in [5.41, 5.74) is 0.557. The molecule has 0 amide bonds. The summed E-state index contributed by atoms with van der Waals surface area (Å²) < 4.78 is 40.7. The van der Waals surface area contributed by atoms with Crippen LogP contribution in [0.4, 0.5) is 5.69 Å². The Kier molecular flexibility index (Phi) is 7.74. The van der Waals surface area contributed by atoms with Crippen LogP contribution in [0.1, 0.15) is 47.0 Å². The normalized spacial score (nSPS) is 20.2. The number of nitro groups is 1. The number of esters is 1. The van der Waals surface area contributed by atoms with E-state index in [1.165, 1.54) is 40.6 Å². The molecule has 3 aromatic rings. The lowest BCUT2D eigenvalue weighted by Crippen LogP contribution is -2.43. The van der Waals surface area contributed by atoms with Crippen LogP contribution in [0.3, 0.4) is 0 Å². The fraction of sp³-hybridized carbons (Fsp3) is 0.387. The number of hydrogen-bond donors (Lipinski definition) is 1. The molecule has 0 saturated carbocycles. The summed E-state index contributed by atoms with van der Waals surface area (Å²) in [6.07, 6.45) is -0.988. The number of aryl methyl sites for hydroxylation is 1. The Morgan fingerprint density at radius 1 is 1.00 bits per heavy atom. The second-order valence-corrected chi connectivity index (χ2v) is 10.7. The molecule has 0 unspecified atom stereocenters. The minimum absolute atomic E-state index is 0.000700. The van der Waals surface area contributed by atoms with Crippen molar-refractivity contribution in [2.45, 2.75) is 38.9 Å². The Balaban J connectivity index is 1.82. The van der Waals surface area contributed by atoms with Crippen LogP contribution >= 0.6 is 0 Å². The number of nitro benzene ring substituents is 1. The van der Waals surface area contributed by atoms with Crippen LogP contribution in [0.15, 0.2) is 30.3 Å². The topological polar surface area (TPSA) is 145 Å². The number of fused-ring (bicyclic) bond motifs is 4. The summed E-state index contributed by atoms with van der Waals surface area (Å²) in [5, 5.41) is 23.7. The highest BCUT2D eigenvalue weighted by Gasteiger charge is 2.47. The number of carbonyl (C=O) groups is 1. The molecule has 43 heavy (non-hydrogen) atoms. The zero-order valence-electron chi connectivity index (χ0n) is 24.9. The van der Waals surface area contributed by atoms with Crippen LogP contribution < -0.4 is 28.4 Å². The zero-order chi connectivity index (χ0) is 31.2. The number of rotatable bonds is 7. The van der Waals surface area contributed by atoms with Crippen molar-refractivity contribution < 1.29 is 48.0 Å². The Hall–Kier alpha value is -4.71. The third kappa shape index (κ3) is 4.81. The van der Waals surface area contributed by atoms with Gasteiger partial charge in [-0.3, -0.25) is 10.1 Å². The van der Waals surface area contributed by atoms with Gasteiger partial charge in [0.15, 0.2) is 29.1 Å². The van der Waals surface area contributed by atoms with Gasteiger partial charge in [0.05, 0.1) is 38.9 Å². The minimum atomic E-state index is -1.66. The van der Waals surface area contributed by atoms with Crippen molar-refractivity contribution in [1.82, 2.24) is 0 Å². The van der Waals surface area contributed by atoms with E-state index in [2.05, 4.69) is 0 Å². The molecule has 2 aliphatic rings. The molecule has 0 bridgehead atoms. The number of benzene rings is 3. The largest absolute Gasteiger partial charge is 0.493 e. The summed E-state index contributed by atoms with van der Waals surface area (Å²) in [5.74, 6) is 0.666. The first-order valence-electron chi connectivity index (χ1n) is 13.5. The van der Waals surface area contributed by atoms with Gasteiger partial charge in [-0.15, -0.1) is 0 Å². The van der Waals surface area contributed by atoms with E-state index in [-0.39, 0.29) is 35.3 Å². The highest BCUT2D eigenvalue weighted by molar-refractivity contribution is 5.92. The second kappa shape index (κ2) is 11.2. The summed E-state index contributed by atoms with van der Waals surface area (Å²) in [6.45, 7) is 4.99. The molecule has 12 nitrogen and oxygen atoms in total. The molecule has 12 heteroatoms. The third-order valence-electron chi connectivity index (χ3n) is 8.22. The van der Waals surface area contributed by atoms with Gasteiger partial charge >= 0.3 is 5.97 Å². The fourth-order valence-electron chi connectivity index (χ4n) is 5.73. The smallest absolute Gasteiger partial charge is 0.339 e. The molecule has 0 saturated heterocycles. The van der Waals surface area contributed by atoms with E-state index in [9.17, 15) is 20.0 Å². The molecule has 1 aliphatic heterocycles. The van der Waals surface area contributed by atoms with Gasteiger partial charge in [-0.2, -0.15) is 0 Å². The Morgan fingerprint density at radius 3 is 2.33 bits per heavy atom. The average molecular weight is 596 g/mol. The molecule has 3 aromatic carbocycles. The molecule has 0 radical (unpaired) electrons. The number of ether oxygens (including phenoxy) is 7. The van der Waals surface area contributed by atoms with E-state index in [1.807, 2.05) is 13.0 Å². The fourth-order valence-corrected chi connectivity index (χ4v) is 5.73. The molecular weight excluding hydrogens is 562 g/mol. The number of methoxy groups -OCH3 is 4. The van der Waals surface area contributed by atoms with Crippen molar-refractivity contribution in [1.29, 1.82) is 0 Å². The van der Waals surface area contributed by atoms with E-state index in [0.717, 1.165) is 11.6 Å². The predicted molar refractivity (Wildman–Crippen MR) is 154 cm³/mol. The maximum atomic E-state index is 13.7. The van der Waals surface area contributed by atoms with Crippen molar-refractivity contribution in [3.8, 4) is 45.6 Å². The van der Waals surface area contributed by atoms with Gasteiger partial charge < -0.3 is 38.3 Å². The van der Waals surface area contributed by atoms with Crippen molar-refractivity contribution in [2.24, 2.45) is 5.92 Å². The van der Waals surface area contributed by atoms with Crippen molar-refractivity contribution in [2.75, 3.05) is 35.2 Å². The summed E-state index contributed by atoms with van der Waals surface area (Å²) in [7, 11) is 5.88. The van der Waals surface area contributed by atoms with E-state index < -0.39 is 28.5 Å². The Bertz CT molecular complexity index is 1610. The molecule has 5 rings (SSSR count). The van der Waals surface area contributed by atoms with Gasteiger partial charge in [0.25, 0.3) is 5.69 Å². The average Bonchev–Trinajstić information content (AvgIpc) is 3.45. The third-order valence-corrected chi connectivity index (χ3v) is 8.22. The van der Waals surface area contributed by atoms with Gasteiger partial charge in [0, 0.05) is 28.3 Å². The lowest BCUT2D eigenvalue weighted by Gasteiger charge is -2.41. The minimum Gasteiger partial charge on any atom is -0.493 e. The maximum Gasteiger partial charge on any atom is 0.339 e. The van der Waals surface area contributed by atoms with Gasteiger partial charge in [0.2, 0.25) is 18.3 Å². The zero-order valence-corrected chi connectivity index (χ0v) is 24.9. The summed E-state index contributed by atoms with van der Waals surface area (Å²) >= 11 is 0. The lowest BCUT2D eigenvalue weighted by atomic mass is 9.73. The van der Waals surface area contributed by atoms with Gasteiger partial charge in [-0.1, -0.05) is 13.0 Å². The molecule has 0 aromatic heterocycles. The van der Waals surface area contributed by atoms with E-state index in [0.29, 0.717) is 45.9 Å². The summed E-state index contributed by atoms with van der Waals surface area (Å²) in [6, 6.07) is 7.54. The standard InChI is InChI=1S/C31H33NO11/c1-15-8-9-17(11-20(15)32(35)36)30(33)43-29-19-13-21(37-4)25(38-5)28(40-7)24(19)23-18(10-16(2)31(29,3)34)12-22-26(27(23)39-6)42-14-41-22/h8-9,11-13,16,29,34H,10,14H2,1-7H3/t16-,29-,31-/m0/s1. The molecule has 1 aliphatic carbocycles. The summed E-state index contributed by atoms with van der Waals surface area (Å²) in [4.78, 5) is 24.7. The highest BCUT2D eigenvalue weighted by Crippen LogP contribution is 2.59. The number of aliphatic hydroxyl groups is 1. The number of hydrogen-bond acceptors (Lipinski definition) is 11. The molecule has 228 valence electrons. The van der Waals surface area contributed by atoms with Gasteiger partial charge in [-0.25, -0.2) is 4.79 Å². The van der Waals surface area contributed by atoms with Crippen LogP contribution in [0.5, 0.6) is 34.5 Å². The van der Waals surface area contributed by atoms with E-state index >= 15 is 0 Å². The SMILES string of the molecule is COc1cc2c(c(OC)c1OC)-c1c(cc3c(c1OC)OCO3)C[C@H](C)[C@](C)(O)[C@H]2OC(=O)c1ccc(C)c([N+](=O)[O-])c1. The van der Waals surface area contributed by atoms with Crippen molar-refractivity contribution in [3.63, 3.8) is 0 Å². The van der Waals surface area contributed by atoms with Crippen molar-refractivity contribution in [3.05, 3.63) is 62.7 Å². The lowest BCUT2D eigenvalue weighted by molar-refractivity contribution is -0.385. The first kappa shape index (κ1) is 29.8. The predicted octanol–water partition coefficient (Wildman–Crippen LogP) is 5.17. The number of nitrogens with zero attached hydrogens (tertiary/aromatic N) is 1. The maximum absolute atomic E-state index is 13.7.